The van der Waals surface area contributed by atoms with Crippen molar-refractivity contribution in [1.29, 1.82) is 0 Å². The molecule has 0 spiro atoms. The van der Waals surface area contributed by atoms with Gasteiger partial charge in [0.1, 0.15) is 0 Å². The van der Waals surface area contributed by atoms with Crippen molar-refractivity contribution in [1.82, 2.24) is 9.97 Å². The van der Waals surface area contributed by atoms with Crippen LogP contribution in [0.2, 0.25) is 0 Å². The minimum atomic E-state index is 0.547. The minimum Gasteiger partial charge on any atom is -0.264 e. The van der Waals surface area contributed by atoms with Crippen LogP contribution in [-0.2, 0) is 0 Å². The maximum Gasteiger partial charge on any atom is 0.0428 e. The van der Waals surface area contributed by atoms with Crippen molar-refractivity contribution in [3.05, 3.63) is 60.2 Å². The fourth-order valence-corrected chi connectivity index (χ4v) is 1.43. The summed E-state index contributed by atoms with van der Waals surface area (Å²) in [5.41, 5.74) is 2.47. The Labute approximate surface area is 138 Å². The van der Waals surface area contributed by atoms with E-state index in [2.05, 4.69) is 43.7 Å². The minimum absolute atomic E-state index is 0.547. The second-order valence-electron chi connectivity index (χ2n) is 4.85. The Kier molecular flexibility index (Phi) is 16.1. The largest absolute Gasteiger partial charge is 0.264 e. The molecule has 0 fully saturated rings. The molecule has 124 valence electrons. The van der Waals surface area contributed by atoms with Crippen molar-refractivity contribution in [2.24, 2.45) is 0 Å². The van der Waals surface area contributed by atoms with Crippen LogP contribution < -0.4 is 0 Å². The lowest BCUT2D eigenvalue weighted by atomic mass is 10.1. The van der Waals surface area contributed by atoms with E-state index in [1.807, 2.05) is 64.4 Å². The molecule has 2 heterocycles. The summed E-state index contributed by atoms with van der Waals surface area (Å²) in [6.45, 7) is 16.6. The predicted molar refractivity (Wildman–Crippen MR) is 99.3 cm³/mol. The molecule has 0 aliphatic heterocycles. The molecule has 2 heteroatoms. The fraction of sp³-hybridized carbons (Fsp3) is 0.500. The lowest BCUT2D eigenvalue weighted by molar-refractivity contribution is 0.823. The van der Waals surface area contributed by atoms with Crippen molar-refractivity contribution < 1.29 is 0 Å². The third kappa shape index (κ3) is 11.0. The topological polar surface area (TPSA) is 25.8 Å². The lowest BCUT2D eigenvalue weighted by Gasteiger charge is -2.00. The van der Waals surface area contributed by atoms with E-state index in [4.69, 9.17) is 0 Å². The van der Waals surface area contributed by atoms with E-state index >= 15 is 0 Å². The smallest absolute Gasteiger partial charge is 0.0428 e. The van der Waals surface area contributed by atoms with Gasteiger partial charge in [0.05, 0.1) is 0 Å². The Morgan fingerprint density at radius 2 is 1.36 bits per heavy atom. The Hall–Kier alpha value is -1.70. The number of hydrogen-bond donors (Lipinski definition) is 0. The van der Waals surface area contributed by atoms with E-state index in [1.54, 1.807) is 6.20 Å². The first kappa shape index (κ1) is 22.6. The Bertz CT molecular complexity index is 378. The zero-order chi connectivity index (χ0) is 17.4. The summed E-state index contributed by atoms with van der Waals surface area (Å²) in [7, 11) is 0. The molecule has 22 heavy (non-hydrogen) atoms. The molecule has 2 rings (SSSR count). The molecule has 2 nitrogen and oxygen atoms in total. The van der Waals surface area contributed by atoms with E-state index in [9.17, 15) is 0 Å². The number of nitrogens with zero attached hydrogens (tertiary/aromatic N) is 2. The molecule has 0 unspecified atom stereocenters. The molecule has 0 aliphatic carbocycles. The third-order valence-corrected chi connectivity index (χ3v) is 2.63. The molecular weight excluding hydrogens is 268 g/mol. The van der Waals surface area contributed by atoms with Crippen LogP contribution in [0.5, 0.6) is 0 Å². The van der Waals surface area contributed by atoms with Gasteiger partial charge in [-0.25, -0.2) is 0 Å². The highest BCUT2D eigenvalue weighted by molar-refractivity contribution is 5.12. The molecular formula is C20H34N2. The van der Waals surface area contributed by atoms with Crippen LogP contribution in [0.4, 0.5) is 0 Å². The zero-order valence-corrected chi connectivity index (χ0v) is 15.7. The molecule has 0 bridgehead atoms. The molecule has 2 aromatic heterocycles. The second kappa shape index (κ2) is 15.7. The summed E-state index contributed by atoms with van der Waals surface area (Å²) in [5.74, 6) is 1.14. The van der Waals surface area contributed by atoms with Crippen molar-refractivity contribution >= 4 is 0 Å². The lowest BCUT2D eigenvalue weighted by Crippen LogP contribution is -1.88. The molecule has 0 saturated carbocycles. The van der Waals surface area contributed by atoms with E-state index in [-0.39, 0.29) is 0 Å². The van der Waals surface area contributed by atoms with Crippen LogP contribution in [0.25, 0.3) is 0 Å². The van der Waals surface area contributed by atoms with Gasteiger partial charge in [-0.05, 0) is 35.6 Å². The molecule has 2 aromatic rings. The average molecular weight is 303 g/mol. The van der Waals surface area contributed by atoms with Gasteiger partial charge in [0, 0.05) is 24.3 Å². The monoisotopic (exact) mass is 302 g/mol. The zero-order valence-electron chi connectivity index (χ0n) is 15.7. The maximum absolute atomic E-state index is 4.18. The van der Waals surface area contributed by atoms with Crippen LogP contribution in [0.1, 0.15) is 78.5 Å². The van der Waals surface area contributed by atoms with Crippen molar-refractivity contribution in [2.45, 2.75) is 67.2 Å². The first-order valence-electron chi connectivity index (χ1n) is 8.42. The predicted octanol–water partition coefficient (Wildman–Crippen LogP) is 6.46. The third-order valence-electron chi connectivity index (χ3n) is 2.63. The van der Waals surface area contributed by atoms with Crippen LogP contribution in [0.3, 0.4) is 0 Å². The Morgan fingerprint density at radius 3 is 1.64 bits per heavy atom. The van der Waals surface area contributed by atoms with E-state index < -0.39 is 0 Å². The number of rotatable bonds is 2. The molecule has 0 radical (unpaired) electrons. The highest BCUT2D eigenvalue weighted by Gasteiger charge is 1.95. The van der Waals surface area contributed by atoms with Gasteiger partial charge in [0.25, 0.3) is 0 Å². The molecule has 0 N–H and O–H groups in total. The number of aromatic nitrogens is 2. The molecule has 0 aliphatic rings. The van der Waals surface area contributed by atoms with Gasteiger partial charge in [0.15, 0.2) is 0 Å². The molecule has 0 amide bonds. The highest BCUT2D eigenvalue weighted by atomic mass is 14.7. The van der Waals surface area contributed by atoms with Crippen LogP contribution in [0, 0.1) is 0 Å². The fourth-order valence-electron chi connectivity index (χ4n) is 1.43. The van der Waals surface area contributed by atoms with E-state index in [1.165, 1.54) is 5.56 Å². The highest BCUT2D eigenvalue weighted by Crippen LogP contribution is 2.10. The Balaban J connectivity index is 0. The van der Waals surface area contributed by atoms with Gasteiger partial charge in [-0.15, -0.1) is 0 Å². The first-order chi connectivity index (χ1) is 10.6. The number of hydrogen-bond acceptors (Lipinski definition) is 2. The maximum atomic E-state index is 4.18. The van der Waals surface area contributed by atoms with Gasteiger partial charge in [-0.1, -0.05) is 67.5 Å². The van der Waals surface area contributed by atoms with Gasteiger partial charge in [0.2, 0.25) is 0 Å². The van der Waals surface area contributed by atoms with Gasteiger partial charge < -0.3 is 0 Å². The first-order valence-corrected chi connectivity index (χ1v) is 8.42. The van der Waals surface area contributed by atoms with E-state index in [0.29, 0.717) is 11.8 Å². The molecule has 0 atom stereocenters. The van der Waals surface area contributed by atoms with Crippen molar-refractivity contribution in [3.8, 4) is 0 Å². The van der Waals surface area contributed by atoms with Gasteiger partial charge in [-0.3, -0.25) is 9.97 Å². The summed E-state index contributed by atoms with van der Waals surface area (Å²) < 4.78 is 0. The van der Waals surface area contributed by atoms with Crippen LogP contribution >= 0.6 is 0 Å². The summed E-state index contributed by atoms with van der Waals surface area (Å²) in [6.07, 6.45) is 5.53. The summed E-state index contributed by atoms with van der Waals surface area (Å²) in [5, 5.41) is 0. The van der Waals surface area contributed by atoms with Gasteiger partial charge >= 0.3 is 0 Å². The van der Waals surface area contributed by atoms with Crippen molar-refractivity contribution in [3.63, 3.8) is 0 Å². The van der Waals surface area contributed by atoms with Crippen LogP contribution in [-0.4, -0.2) is 9.97 Å². The summed E-state index contributed by atoms with van der Waals surface area (Å²) >= 11 is 0. The summed E-state index contributed by atoms with van der Waals surface area (Å²) in [4.78, 5) is 8.18. The molecule has 0 saturated heterocycles. The second-order valence-corrected chi connectivity index (χ2v) is 4.85. The quantitative estimate of drug-likeness (QED) is 0.636. The number of pyridine rings is 2. The standard InChI is InChI=1S/2C8H11N.2C2H6/c1-7(2)8-4-3-5-9-6-8;1-7(2)8-5-3-4-6-9-8;2*1-2/h2*3-7H,1-2H3;2*1-2H3. The Morgan fingerprint density at radius 1 is 0.727 bits per heavy atom. The molecule has 0 aromatic carbocycles. The van der Waals surface area contributed by atoms with E-state index in [0.717, 1.165) is 5.69 Å². The SMILES string of the molecule is CC.CC.CC(C)c1ccccn1.CC(C)c1cccnc1. The van der Waals surface area contributed by atoms with Crippen LogP contribution in [0.15, 0.2) is 48.9 Å². The van der Waals surface area contributed by atoms with Gasteiger partial charge in [-0.2, -0.15) is 0 Å². The average Bonchev–Trinajstić information content (AvgIpc) is 2.60. The summed E-state index contributed by atoms with van der Waals surface area (Å²) in [6, 6.07) is 10.1. The van der Waals surface area contributed by atoms with Crippen molar-refractivity contribution in [2.75, 3.05) is 0 Å². The normalized spacial score (nSPS) is 8.82.